The summed E-state index contributed by atoms with van der Waals surface area (Å²) in [5, 5.41) is 15.4. The molecule has 0 bridgehead atoms. The number of carbonyl (C=O) groups is 1. The van der Waals surface area contributed by atoms with Gasteiger partial charge in [-0.2, -0.15) is 0 Å². The average molecular weight is 473 g/mol. The van der Waals surface area contributed by atoms with Crippen LogP contribution in [0.2, 0.25) is 5.02 Å². The van der Waals surface area contributed by atoms with Crippen molar-refractivity contribution in [1.29, 1.82) is 0 Å². The Bertz CT molecular complexity index is 1190. The van der Waals surface area contributed by atoms with E-state index in [1.54, 1.807) is 6.08 Å². The number of nitrogens with zero attached hydrogens (tertiary/aromatic N) is 3. The fourth-order valence-corrected chi connectivity index (χ4v) is 4.38. The van der Waals surface area contributed by atoms with Gasteiger partial charge in [-0.1, -0.05) is 77.0 Å². The standard InChI is InChI=1S/C21H14Cl2N4OS2/c22-15-8-6-14(7-9-15)19-25-16(12-29-19)10-17(23)20-26-27-21(30-20)18(28)24-11-13-4-2-1-3-5-13/h1-10,12H,11H2,(H,24,28)/b17-10-. The van der Waals surface area contributed by atoms with E-state index in [0.29, 0.717) is 27.3 Å². The van der Waals surface area contributed by atoms with Gasteiger partial charge in [0.15, 0.2) is 5.01 Å². The molecule has 4 rings (SSSR count). The fourth-order valence-electron chi connectivity index (χ4n) is 2.53. The van der Waals surface area contributed by atoms with E-state index in [9.17, 15) is 4.79 Å². The molecule has 4 aromatic rings. The molecule has 0 atom stereocenters. The Morgan fingerprint density at radius 1 is 1.03 bits per heavy atom. The number of thiazole rings is 1. The maximum atomic E-state index is 12.3. The summed E-state index contributed by atoms with van der Waals surface area (Å²) in [4.78, 5) is 16.9. The molecule has 30 heavy (non-hydrogen) atoms. The second kappa shape index (κ2) is 9.49. The van der Waals surface area contributed by atoms with Crippen molar-refractivity contribution < 1.29 is 4.79 Å². The molecule has 2 heterocycles. The fraction of sp³-hybridized carbons (Fsp3) is 0.0476. The minimum atomic E-state index is -0.286. The van der Waals surface area contributed by atoms with E-state index in [4.69, 9.17) is 23.2 Å². The highest BCUT2D eigenvalue weighted by Gasteiger charge is 2.15. The summed E-state index contributed by atoms with van der Waals surface area (Å²) in [5.74, 6) is -0.286. The third-order valence-corrected chi connectivity index (χ3v) is 6.52. The van der Waals surface area contributed by atoms with Gasteiger partial charge >= 0.3 is 0 Å². The number of amides is 1. The van der Waals surface area contributed by atoms with Crippen LogP contribution in [0.5, 0.6) is 0 Å². The zero-order chi connectivity index (χ0) is 20.9. The van der Waals surface area contributed by atoms with E-state index >= 15 is 0 Å². The monoisotopic (exact) mass is 472 g/mol. The number of hydrogen-bond donors (Lipinski definition) is 1. The van der Waals surface area contributed by atoms with Crippen LogP contribution in [-0.2, 0) is 6.54 Å². The highest BCUT2D eigenvalue weighted by Crippen LogP contribution is 2.29. The van der Waals surface area contributed by atoms with Crippen molar-refractivity contribution in [3.8, 4) is 10.6 Å². The van der Waals surface area contributed by atoms with Gasteiger partial charge in [0.05, 0.1) is 10.7 Å². The van der Waals surface area contributed by atoms with Crippen LogP contribution in [-0.4, -0.2) is 21.1 Å². The van der Waals surface area contributed by atoms with Crippen molar-refractivity contribution >= 4 is 62.9 Å². The summed E-state index contributed by atoms with van der Waals surface area (Å²) in [6.07, 6.45) is 1.71. The Kier molecular flexibility index (Phi) is 6.54. The van der Waals surface area contributed by atoms with Gasteiger partial charge in [-0.25, -0.2) is 4.98 Å². The third kappa shape index (κ3) is 5.12. The highest BCUT2D eigenvalue weighted by molar-refractivity contribution is 7.15. The normalized spacial score (nSPS) is 11.5. The van der Waals surface area contributed by atoms with Gasteiger partial charge in [0.2, 0.25) is 5.01 Å². The van der Waals surface area contributed by atoms with Gasteiger partial charge in [-0.3, -0.25) is 4.79 Å². The summed E-state index contributed by atoms with van der Waals surface area (Å²) >= 11 is 15.0. The molecule has 2 aromatic carbocycles. The number of hydrogen-bond acceptors (Lipinski definition) is 6. The van der Waals surface area contributed by atoms with Crippen LogP contribution in [0.25, 0.3) is 21.7 Å². The predicted octanol–water partition coefficient (Wildman–Crippen LogP) is 5.98. The summed E-state index contributed by atoms with van der Waals surface area (Å²) in [6.45, 7) is 0.421. The van der Waals surface area contributed by atoms with E-state index in [2.05, 4.69) is 20.5 Å². The molecule has 0 unspecified atom stereocenters. The lowest BCUT2D eigenvalue weighted by Crippen LogP contribution is -2.22. The Morgan fingerprint density at radius 3 is 2.53 bits per heavy atom. The smallest absolute Gasteiger partial charge is 0.282 e. The molecule has 1 amide bonds. The van der Waals surface area contributed by atoms with E-state index in [0.717, 1.165) is 27.5 Å². The quantitative estimate of drug-likeness (QED) is 0.374. The van der Waals surface area contributed by atoms with Crippen LogP contribution in [0, 0.1) is 0 Å². The Morgan fingerprint density at radius 2 is 1.77 bits per heavy atom. The van der Waals surface area contributed by atoms with Crippen molar-refractivity contribution in [2.45, 2.75) is 6.54 Å². The Balaban J connectivity index is 1.43. The van der Waals surface area contributed by atoms with Gasteiger partial charge in [-0.15, -0.1) is 21.5 Å². The maximum Gasteiger partial charge on any atom is 0.282 e. The summed E-state index contributed by atoms with van der Waals surface area (Å²) in [7, 11) is 0. The molecular formula is C21H14Cl2N4OS2. The molecule has 0 saturated carbocycles. The number of rotatable bonds is 6. The minimum absolute atomic E-state index is 0.257. The molecule has 0 aliphatic heterocycles. The van der Waals surface area contributed by atoms with Gasteiger partial charge < -0.3 is 5.32 Å². The second-order valence-electron chi connectivity index (χ2n) is 6.16. The van der Waals surface area contributed by atoms with Gasteiger partial charge in [0.1, 0.15) is 5.01 Å². The van der Waals surface area contributed by atoms with Crippen LogP contribution < -0.4 is 5.32 Å². The lowest BCUT2D eigenvalue weighted by atomic mass is 10.2. The molecule has 2 aromatic heterocycles. The first-order chi connectivity index (χ1) is 14.6. The number of aromatic nitrogens is 3. The Labute approximate surface area is 191 Å². The molecule has 0 aliphatic rings. The SMILES string of the molecule is O=C(NCc1ccccc1)c1nnc(/C(Cl)=C/c2csc(-c3ccc(Cl)cc3)n2)s1. The van der Waals surface area contributed by atoms with Crippen molar-refractivity contribution in [3.05, 3.63) is 86.3 Å². The van der Waals surface area contributed by atoms with Crippen molar-refractivity contribution in [1.82, 2.24) is 20.5 Å². The van der Waals surface area contributed by atoms with Crippen molar-refractivity contribution in [2.75, 3.05) is 0 Å². The van der Waals surface area contributed by atoms with Crippen molar-refractivity contribution in [3.63, 3.8) is 0 Å². The topological polar surface area (TPSA) is 67.8 Å². The highest BCUT2D eigenvalue weighted by atomic mass is 35.5. The van der Waals surface area contributed by atoms with Gasteiger partial charge in [0, 0.05) is 22.5 Å². The van der Waals surface area contributed by atoms with Crippen LogP contribution in [0.3, 0.4) is 0 Å². The van der Waals surface area contributed by atoms with E-state index in [-0.39, 0.29) is 10.9 Å². The molecule has 0 saturated heterocycles. The Hall–Kier alpha value is -2.58. The number of carbonyl (C=O) groups excluding carboxylic acids is 1. The molecule has 5 nitrogen and oxygen atoms in total. The van der Waals surface area contributed by atoms with Crippen molar-refractivity contribution in [2.24, 2.45) is 0 Å². The minimum Gasteiger partial charge on any atom is -0.346 e. The number of benzene rings is 2. The molecule has 0 aliphatic carbocycles. The summed E-state index contributed by atoms with van der Waals surface area (Å²) < 4.78 is 0. The van der Waals surface area contributed by atoms with Crippen LogP contribution in [0.15, 0.2) is 60.0 Å². The van der Waals surface area contributed by atoms with Gasteiger partial charge in [-0.05, 0) is 23.8 Å². The molecule has 150 valence electrons. The number of halogens is 2. The van der Waals surface area contributed by atoms with E-state index < -0.39 is 0 Å². The predicted molar refractivity (Wildman–Crippen MR) is 124 cm³/mol. The molecule has 0 radical (unpaired) electrons. The molecule has 0 spiro atoms. The first-order valence-corrected chi connectivity index (χ1v) is 11.3. The summed E-state index contributed by atoms with van der Waals surface area (Å²) in [5.41, 5.74) is 2.70. The largest absolute Gasteiger partial charge is 0.346 e. The lowest BCUT2D eigenvalue weighted by molar-refractivity contribution is 0.0950. The molecule has 1 N–H and O–H groups in total. The second-order valence-corrected chi connectivity index (χ2v) is 8.84. The average Bonchev–Trinajstić information content (AvgIpc) is 3.43. The van der Waals surface area contributed by atoms with Crippen LogP contribution in [0.4, 0.5) is 0 Å². The zero-order valence-corrected chi connectivity index (χ0v) is 18.5. The third-order valence-electron chi connectivity index (χ3n) is 4.01. The molecule has 0 fully saturated rings. The van der Waals surface area contributed by atoms with Gasteiger partial charge in [0.25, 0.3) is 5.91 Å². The molecule has 9 heteroatoms. The molecular weight excluding hydrogens is 459 g/mol. The first-order valence-electron chi connectivity index (χ1n) is 8.83. The van der Waals surface area contributed by atoms with E-state index in [1.165, 1.54) is 11.3 Å². The zero-order valence-electron chi connectivity index (χ0n) is 15.4. The summed E-state index contributed by atoms with van der Waals surface area (Å²) in [6, 6.07) is 17.1. The van der Waals surface area contributed by atoms with Crippen LogP contribution >= 0.6 is 45.9 Å². The maximum absolute atomic E-state index is 12.3. The lowest BCUT2D eigenvalue weighted by Gasteiger charge is -2.01. The van der Waals surface area contributed by atoms with E-state index in [1.807, 2.05) is 60.0 Å². The first kappa shape index (κ1) is 20.7. The van der Waals surface area contributed by atoms with Crippen LogP contribution in [0.1, 0.15) is 26.1 Å². The number of nitrogens with one attached hydrogen (secondary N) is 1.